The molecule has 0 bridgehead atoms. The second-order valence-electron chi connectivity index (χ2n) is 4.80. The van der Waals surface area contributed by atoms with Gasteiger partial charge >= 0.3 is 0 Å². The minimum atomic E-state index is 0.182. The largest absolute Gasteiger partial charge is 0.491 e. The van der Waals surface area contributed by atoms with E-state index in [-0.39, 0.29) is 6.10 Å². The molecule has 0 saturated heterocycles. The highest BCUT2D eigenvalue weighted by Gasteiger charge is 2.08. The quantitative estimate of drug-likeness (QED) is 0.740. The van der Waals surface area contributed by atoms with Gasteiger partial charge in [-0.05, 0) is 37.6 Å². The van der Waals surface area contributed by atoms with Crippen molar-refractivity contribution in [2.45, 2.75) is 45.8 Å². The van der Waals surface area contributed by atoms with Crippen LogP contribution in [-0.4, -0.2) is 26.4 Å². The van der Waals surface area contributed by atoms with Crippen molar-refractivity contribution < 1.29 is 9.47 Å². The van der Waals surface area contributed by atoms with Gasteiger partial charge in [0.05, 0.1) is 6.10 Å². The van der Waals surface area contributed by atoms with Crippen LogP contribution in [-0.2, 0) is 4.74 Å². The van der Waals surface area contributed by atoms with E-state index < -0.39 is 0 Å². The highest BCUT2D eigenvalue weighted by Crippen LogP contribution is 2.21. The molecule has 0 radical (unpaired) electrons. The van der Waals surface area contributed by atoms with E-state index in [1.54, 1.807) is 7.11 Å². The summed E-state index contributed by atoms with van der Waals surface area (Å²) in [6.45, 7) is 8.13. The lowest BCUT2D eigenvalue weighted by molar-refractivity contribution is 0.135. The smallest absolute Gasteiger partial charge is 0.119 e. The van der Waals surface area contributed by atoms with Gasteiger partial charge in [0.2, 0.25) is 0 Å². The Kier molecular flexibility index (Phi) is 7.53. The van der Waals surface area contributed by atoms with E-state index in [9.17, 15) is 0 Å². The molecule has 1 aromatic carbocycles. The van der Waals surface area contributed by atoms with E-state index in [1.165, 1.54) is 5.56 Å². The second-order valence-corrected chi connectivity index (χ2v) is 4.80. The zero-order valence-corrected chi connectivity index (χ0v) is 12.6. The molecule has 0 heterocycles. The van der Waals surface area contributed by atoms with Gasteiger partial charge in [0.1, 0.15) is 5.75 Å². The van der Waals surface area contributed by atoms with E-state index in [0.717, 1.165) is 31.7 Å². The van der Waals surface area contributed by atoms with Gasteiger partial charge < -0.3 is 14.8 Å². The lowest BCUT2D eigenvalue weighted by Gasteiger charge is -2.18. The zero-order chi connectivity index (χ0) is 14.1. The van der Waals surface area contributed by atoms with Crippen molar-refractivity contribution in [3.63, 3.8) is 0 Å². The van der Waals surface area contributed by atoms with Gasteiger partial charge in [-0.25, -0.2) is 0 Å². The van der Waals surface area contributed by atoms with Crippen molar-refractivity contribution in [2.75, 3.05) is 20.3 Å². The summed E-state index contributed by atoms with van der Waals surface area (Å²) in [5, 5.41) is 3.48. The second kappa shape index (κ2) is 8.94. The molecular weight excluding hydrogens is 238 g/mol. The maximum atomic E-state index is 5.84. The molecule has 2 atom stereocenters. The fourth-order valence-electron chi connectivity index (χ4n) is 2.10. The topological polar surface area (TPSA) is 30.5 Å². The third kappa shape index (κ3) is 5.62. The molecule has 1 aromatic rings. The van der Waals surface area contributed by atoms with Gasteiger partial charge in [-0.3, -0.25) is 0 Å². The standard InChI is InChI=1S/C16H27NO2/c1-5-16(17-6-2)14-7-9-15(10-8-14)19-13(3)11-12-18-4/h7-10,13,16-17H,5-6,11-12H2,1-4H3. The average molecular weight is 265 g/mol. The number of ether oxygens (including phenoxy) is 2. The van der Waals surface area contributed by atoms with E-state index in [0.29, 0.717) is 6.04 Å². The lowest BCUT2D eigenvalue weighted by Crippen LogP contribution is -2.20. The number of rotatable bonds is 9. The molecule has 0 spiro atoms. The molecule has 0 amide bonds. The molecule has 0 aliphatic carbocycles. The first-order valence-corrected chi connectivity index (χ1v) is 7.20. The summed E-state index contributed by atoms with van der Waals surface area (Å²) < 4.78 is 10.9. The number of hydrogen-bond donors (Lipinski definition) is 1. The van der Waals surface area contributed by atoms with Crippen LogP contribution in [0.5, 0.6) is 5.75 Å². The summed E-state index contributed by atoms with van der Waals surface area (Å²) in [5.74, 6) is 0.929. The SMILES string of the molecule is CCNC(CC)c1ccc(OC(C)CCOC)cc1. The van der Waals surface area contributed by atoms with E-state index in [1.807, 2.05) is 0 Å². The Morgan fingerprint density at radius 2 is 1.84 bits per heavy atom. The van der Waals surface area contributed by atoms with Gasteiger partial charge in [0.25, 0.3) is 0 Å². The van der Waals surface area contributed by atoms with Crippen molar-refractivity contribution >= 4 is 0 Å². The first kappa shape index (κ1) is 16.0. The Morgan fingerprint density at radius 3 is 2.37 bits per heavy atom. The van der Waals surface area contributed by atoms with Crippen LogP contribution in [0.3, 0.4) is 0 Å². The van der Waals surface area contributed by atoms with Crippen molar-refractivity contribution in [1.82, 2.24) is 5.32 Å². The van der Waals surface area contributed by atoms with E-state index in [4.69, 9.17) is 9.47 Å². The minimum Gasteiger partial charge on any atom is -0.491 e. The predicted molar refractivity (Wildman–Crippen MR) is 79.7 cm³/mol. The summed E-state index contributed by atoms with van der Waals surface area (Å²) in [6, 6.07) is 8.84. The Bertz CT molecular complexity index is 337. The lowest BCUT2D eigenvalue weighted by atomic mass is 10.0. The van der Waals surface area contributed by atoms with Crippen LogP contribution in [0.1, 0.15) is 45.2 Å². The number of nitrogens with one attached hydrogen (secondary N) is 1. The number of hydrogen-bond acceptors (Lipinski definition) is 3. The number of benzene rings is 1. The minimum absolute atomic E-state index is 0.182. The summed E-state index contributed by atoms with van der Waals surface area (Å²) in [7, 11) is 1.72. The third-order valence-electron chi connectivity index (χ3n) is 3.21. The molecule has 108 valence electrons. The first-order valence-electron chi connectivity index (χ1n) is 7.20. The summed E-state index contributed by atoms with van der Waals surface area (Å²) in [4.78, 5) is 0. The molecule has 0 saturated carbocycles. The molecule has 3 nitrogen and oxygen atoms in total. The van der Waals surface area contributed by atoms with Crippen molar-refractivity contribution in [3.05, 3.63) is 29.8 Å². The Hall–Kier alpha value is -1.06. The van der Waals surface area contributed by atoms with Gasteiger partial charge in [-0.15, -0.1) is 0 Å². The zero-order valence-electron chi connectivity index (χ0n) is 12.6. The molecule has 0 aliphatic rings. The van der Waals surface area contributed by atoms with Gasteiger partial charge in [0.15, 0.2) is 0 Å². The van der Waals surface area contributed by atoms with Gasteiger partial charge in [-0.1, -0.05) is 26.0 Å². The van der Waals surface area contributed by atoms with Crippen LogP contribution in [0.4, 0.5) is 0 Å². The highest BCUT2D eigenvalue weighted by atomic mass is 16.5. The highest BCUT2D eigenvalue weighted by molar-refractivity contribution is 5.29. The van der Waals surface area contributed by atoms with Crippen LogP contribution in [0.2, 0.25) is 0 Å². The average Bonchev–Trinajstić information content (AvgIpc) is 2.43. The molecule has 0 aromatic heterocycles. The van der Waals surface area contributed by atoms with Crippen LogP contribution in [0, 0.1) is 0 Å². The van der Waals surface area contributed by atoms with Crippen LogP contribution >= 0.6 is 0 Å². The molecule has 0 fully saturated rings. The maximum absolute atomic E-state index is 5.84. The normalized spacial score (nSPS) is 14.1. The van der Waals surface area contributed by atoms with E-state index in [2.05, 4.69) is 50.4 Å². The van der Waals surface area contributed by atoms with Crippen molar-refractivity contribution in [1.29, 1.82) is 0 Å². The fourth-order valence-corrected chi connectivity index (χ4v) is 2.10. The summed E-state index contributed by atoms with van der Waals surface area (Å²) in [5.41, 5.74) is 1.32. The molecule has 19 heavy (non-hydrogen) atoms. The molecule has 1 N–H and O–H groups in total. The fraction of sp³-hybridized carbons (Fsp3) is 0.625. The van der Waals surface area contributed by atoms with Crippen LogP contribution in [0.25, 0.3) is 0 Å². The molecule has 2 unspecified atom stereocenters. The Morgan fingerprint density at radius 1 is 1.16 bits per heavy atom. The van der Waals surface area contributed by atoms with Gasteiger partial charge in [0, 0.05) is 26.2 Å². The first-order chi connectivity index (χ1) is 9.21. The van der Waals surface area contributed by atoms with Crippen molar-refractivity contribution in [3.8, 4) is 5.75 Å². The molecule has 1 rings (SSSR count). The van der Waals surface area contributed by atoms with E-state index >= 15 is 0 Å². The molecule has 3 heteroatoms. The summed E-state index contributed by atoms with van der Waals surface area (Å²) >= 11 is 0. The predicted octanol–water partition coefficient (Wildman–Crippen LogP) is 3.55. The maximum Gasteiger partial charge on any atom is 0.119 e. The molecular formula is C16H27NO2. The Labute approximate surface area is 117 Å². The monoisotopic (exact) mass is 265 g/mol. The molecule has 0 aliphatic heterocycles. The van der Waals surface area contributed by atoms with Crippen LogP contribution < -0.4 is 10.1 Å². The summed E-state index contributed by atoms with van der Waals surface area (Å²) in [6.07, 6.45) is 2.19. The number of methoxy groups -OCH3 is 1. The third-order valence-corrected chi connectivity index (χ3v) is 3.21. The Balaban J connectivity index is 2.55. The van der Waals surface area contributed by atoms with Crippen LogP contribution in [0.15, 0.2) is 24.3 Å². The van der Waals surface area contributed by atoms with Crippen molar-refractivity contribution in [2.24, 2.45) is 0 Å². The van der Waals surface area contributed by atoms with Gasteiger partial charge in [-0.2, -0.15) is 0 Å².